The lowest BCUT2D eigenvalue weighted by Crippen LogP contribution is -2.43. The second-order valence-corrected chi connectivity index (χ2v) is 6.44. The number of methoxy groups -OCH3 is 1. The smallest absolute Gasteiger partial charge is 0.325 e. The zero-order chi connectivity index (χ0) is 18.7. The molecular formula is C19H19ClFNO4. The van der Waals surface area contributed by atoms with Crippen LogP contribution < -0.4 is 4.74 Å². The molecule has 2 aromatic rings. The first-order valence-corrected chi connectivity index (χ1v) is 8.54. The van der Waals surface area contributed by atoms with Gasteiger partial charge in [-0.3, -0.25) is 9.69 Å². The minimum absolute atomic E-state index is 0.102. The van der Waals surface area contributed by atoms with Crippen LogP contribution in [-0.4, -0.2) is 42.8 Å². The molecule has 26 heavy (non-hydrogen) atoms. The van der Waals surface area contributed by atoms with Crippen LogP contribution >= 0.6 is 11.6 Å². The maximum atomic E-state index is 13.3. The lowest BCUT2D eigenvalue weighted by atomic mass is 10.0. The van der Waals surface area contributed by atoms with Crippen molar-refractivity contribution in [2.75, 3.05) is 26.8 Å². The fourth-order valence-electron chi connectivity index (χ4n) is 3.13. The molecule has 2 unspecified atom stereocenters. The van der Waals surface area contributed by atoms with Crippen LogP contribution in [0.1, 0.15) is 23.3 Å². The van der Waals surface area contributed by atoms with Crippen LogP contribution in [0, 0.1) is 5.82 Å². The normalized spacial score (nSPS) is 19.1. The van der Waals surface area contributed by atoms with Gasteiger partial charge in [0.25, 0.3) is 0 Å². The molecule has 0 radical (unpaired) electrons. The van der Waals surface area contributed by atoms with Gasteiger partial charge in [-0.15, -0.1) is 0 Å². The predicted molar refractivity (Wildman–Crippen MR) is 95.0 cm³/mol. The number of morpholine rings is 1. The molecule has 0 aliphatic carbocycles. The van der Waals surface area contributed by atoms with Gasteiger partial charge in [-0.05, 0) is 35.4 Å². The molecule has 2 atom stereocenters. The Kier molecular flexibility index (Phi) is 5.76. The average Bonchev–Trinajstić information content (AvgIpc) is 2.64. The number of carboxylic acid groups (broad SMARTS) is 1. The molecule has 0 amide bonds. The van der Waals surface area contributed by atoms with Crippen molar-refractivity contribution in [2.45, 2.75) is 12.1 Å². The number of nitrogens with zero attached hydrogens (tertiary/aromatic N) is 1. The number of benzene rings is 2. The highest BCUT2D eigenvalue weighted by atomic mass is 35.5. The first-order valence-electron chi connectivity index (χ1n) is 8.17. The van der Waals surface area contributed by atoms with Gasteiger partial charge in [-0.25, -0.2) is 4.39 Å². The highest BCUT2D eigenvalue weighted by molar-refractivity contribution is 6.31. The number of hydrogen-bond acceptors (Lipinski definition) is 4. The fraction of sp³-hybridized carbons (Fsp3) is 0.316. The summed E-state index contributed by atoms with van der Waals surface area (Å²) in [6, 6.07) is 10.3. The Morgan fingerprint density at radius 1 is 1.35 bits per heavy atom. The number of carbonyl (C=O) groups is 1. The van der Waals surface area contributed by atoms with E-state index >= 15 is 0 Å². The van der Waals surface area contributed by atoms with Crippen LogP contribution in [-0.2, 0) is 9.53 Å². The van der Waals surface area contributed by atoms with E-state index in [-0.39, 0.29) is 11.1 Å². The van der Waals surface area contributed by atoms with Crippen molar-refractivity contribution in [1.29, 1.82) is 0 Å². The van der Waals surface area contributed by atoms with Crippen molar-refractivity contribution in [3.63, 3.8) is 0 Å². The summed E-state index contributed by atoms with van der Waals surface area (Å²) in [7, 11) is 1.59. The van der Waals surface area contributed by atoms with Crippen molar-refractivity contribution < 1.29 is 23.8 Å². The molecule has 138 valence electrons. The third-order valence-corrected chi connectivity index (χ3v) is 4.77. The standard InChI is InChI=1S/C19H19ClFNO4/c1-25-14-5-2-12(3-6-14)17-11-22(8-9-26-17)18(19(23)24)15-7-4-13(21)10-16(15)20/h2-7,10,17-18H,8-9,11H2,1H3,(H,23,24). The molecule has 7 heteroatoms. The van der Waals surface area contributed by atoms with Crippen molar-refractivity contribution in [3.8, 4) is 5.75 Å². The van der Waals surface area contributed by atoms with Gasteiger partial charge in [0.15, 0.2) is 0 Å². The Morgan fingerprint density at radius 2 is 2.08 bits per heavy atom. The maximum absolute atomic E-state index is 13.3. The molecule has 1 aliphatic rings. The quantitative estimate of drug-likeness (QED) is 0.858. The molecule has 0 aromatic heterocycles. The van der Waals surface area contributed by atoms with Gasteiger partial charge in [0.05, 0.1) is 19.8 Å². The molecule has 3 rings (SSSR count). The van der Waals surface area contributed by atoms with E-state index in [1.54, 1.807) is 12.0 Å². The molecule has 0 spiro atoms. The zero-order valence-electron chi connectivity index (χ0n) is 14.2. The molecule has 1 fully saturated rings. The molecular weight excluding hydrogens is 361 g/mol. The summed E-state index contributed by atoms with van der Waals surface area (Å²) in [6.45, 7) is 1.22. The van der Waals surface area contributed by atoms with Crippen LogP contribution in [0.3, 0.4) is 0 Å². The first-order chi connectivity index (χ1) is 12.5. The second kappa shape index (κ2) is 8.03. The molecule has 1 N–H and O–H groups in total. The van der Waals surface area contributed by atoms with E-state index in [0.29, 0.717) is 25.3 Å². The SMILES string of the molecule is COc1ccc(C2CN(C(C(=O)O)c3ccc(F)cc3Cl)CCO2)cc1. The van der Waals surface area contributed by atoms with Gasteiger partial charge in [0, 0.05) is 18.1 Å². The third kappa shape index (κ3) is 3.98. The van der Waals surface area contributed by atoms with E-state index in [9.17, 15) is 14.3 Å². The summed E-state index contributed by atoms with van der Waals surface area (Å²) in [4.78, 5) is 13.7. The van der Waals surface area contributed by atoms with Crippen LogP contribution in [0.4, 0.5) is 4.39 Å². The van der Waals surface area contributed by atoms with Crippen LogP contribution in [0.15, 0.2) is 42.5 Å². The molecule has 0 saturated carbocycles. The van der Waals surface area contributed by atoms with Gasteiger partial charge < -0.3 is 14.6 Å². The fourth-order valence-corrected chi connectivity index (χ4v) is 3.40. The van der Waals surface area contributed by atoms with Gasteiger partial charge in [-0.2, -0.15) is 0 Å². The van der Waals surface area contributed by atoms with E-state index < -0.39 is 17.8 Å². The minimum atomic E-state index is -1.03. The number of halogens is 2. The van der Waals surface area contributed by atoms with E-state index in [0.717, 1.165) is 17.4 Å². The van der Waals surface area contributed by atoms with Crippen molar-refractivity contribution in [2.24, 2.45) is 0 Å². The van der Waals surface area contributed by atoms with Gasteiger partial charge in [0.2, 0.25) is 0 Å². The number of hydrogen-bond donors (Lipinski definition) is 1. The lowest BCUT2D eigenvalue weighted by Gasteiger charge is -2.37. The maximum Gasteiger partial charge on any atom is 0.325 e. The molecule has 5 nitrogen and oxygen atoms in total. The summed E-state index contributed by atoms with van der Waals surface area (Å²) < 4.78 is 24.3. The topological polar surface area (TPSA) is 59.0 Å². The second-order valence-electron chi connectivity index (χ2n) is 6.03. The Labute approximate surface area is 155 Å². The Balaban J connectivity index is 1.84. The van der Waals surface area contributed by atoms with Crippen molar-refractivity contribution in [3.05, 3.63) is 64.4 Å². The summed E-state index contributed by atoms with van der Waals surface area (Å²) >= 11 is 6.10. The number of ether oxygens (including phenoxy) is 2. The van der Waals surface area contributed by atoms with E-state index in [2.05, 4.69) is 0 Å². The van der Waals surface area contributed by atoms with E-state index in [4.69, 9.17) is 21.1 Å². The molecule has 1 aliphatic heterocycles. The first kappa shape index (κ1) is 18.6. The van der Waals surface area contributed by atoms with Crippen LogP contribution in [0.2, 0.25) is 5.02 Å². The Hall–Kier alpha value is -2.15. The van der Waals surface area contributed by atoms with Crippen LogP contribution in [0.5, 0.6) is 5.75 Å². The molecule has 1 saturated heterocycles. The van der Waals surface area contributed by atoms with Gasteiger partial charge in [0.1, 0.15) is 17.6 Å². The van der Waals surface area contributed by atoms with Gasteiger partial charge >= 0.3 is 5.97 Å². The van der Waals surface area contributed by atoms with Gasteiger partial charge in [-0.1, -0.05) is 29.8 Å². The van der Waals surface area contributed by atoms with Crippen molar-refractivity contribution >= 4 is 17.6 Å². The highest BCUT2D eigenvalue weighted by Crippen LogP contribution is 2.33. The predicted octanol–water partition coefficient (Wildman–Crippen LogP) is 3.69. The third-order valence-electron chi connectivity index (χ3n) is 4.44. The summed E-state index contributed by atoms with van der Waals surface area (Å²) in [5.74, 6) is -0.794. The number of aliphatic carboxylic acids is 1. The Morgan fingerprint density at radius 3 is 2.69 bits per heavy atom. The highest BCUT2D eigenvalue weighted by Gasteiger charge is 2.34. The summed E-state index contributed by atoms with van der Waals surface area (Å²) in [6.07, 6.45) is -0.268. The Bertz CT molecular complexity index is 784. The summed E-state index contributed by atoms with van der Waals surface area (Å²) in [5, 5.41) is 9.85. The van der Waals surface area contributed by atoms with E-state index in [1.807, 2.05) is 24.3 Å². The van der Waals surface area contributed by atoms with E-state index in [1.165, 1.54) is 12.1 Å². The molecule has 2 aromatic carbocycles. The molecule has 1 heterocycles. The summed E-state index contributed by atoms with van der Waals surface area (Å²) in [5.41, 5.74) is 1.31. The number of rotatable bonds is 5. The van der Waals surface area contributed by atoms with Crippen molar-refractivity contribution in [1.82, 2.24) is 4.90 Å². The minimum Gasteiger partial charge on any atom is -0.497 e. The average molecular weight is 380 g/mol. The largest absolute Gasteiger partial charge is 0.497 e. The number of carboxylic acids is 1. The van der Waals surface area contributed by atoms with Crippen LogP contribution in [0.25, 0.3) is 0 Å². The zero-order valence-corrected chi connectivity index (χ0v) is 14.9. The molecule has 0 bridgehead atoms. The lowest BCUT2D eigenvalue weighted by molar-refractivity contribution is -0.147. The monoisotopic (exact) mass is 379 g/mol.